The third-order valence-corrected chi connectivity index (χ3v) is 2.16. The Balaban J connectivity index is 2.78. The van der Waals surface area contributed by atoms with E-state index in [1.807, 2.05) is 0 Å². The molecule has 1 atom stereocenters. The van der Waals surface area contributed by atoms with Crippen LogP contribution in [-0.2, 0) is 0 Å². The quantitative estimate of drug-likeness (QED) is 0.729. The summed E-state index contributed by atoms with van der Waals surface area (Å²) in [5, 5.41) is 20.6. The highest BCUT2D eigenvalue weighted by molar-refractivity contribution is 6.32. The number of aliphatic hydroxyl groups excluding tert-OH is 1. The summed E-state index contributed by atoms with van der Waals surface area (Å²) >= 11 is 5.65. The Morgan fingerprint density at radius 2 is 2.27 bits per heavy atom. The van der Waals surface area contributed by atoms with Gasteiger partial charge in [-0.05, 0) is 25.1 Å². The number of benzene rings is 1. The standard InChI is InChI=1S/C10H12ClNO3/c1-6(5-13)12-10(15)7-2-3-9(14)8(11)4-7/h2-4,6,13-14H,5H2,1H3,(H,12,15)/t6-/m1/s1. The Kier molecular flexibility index (Phi) is 3.94. The molecule has 15 heavy (non-hydrogen) atoms. The highest BCUT2D eigenvalue weighted by Gasteiger charge is 2.10. The van der Waals surface area contributed by atoms with Crippen LogP contribution in [0.25, 0.3) is 0 Å². The monoisotopic (exact) mass is 229 g/mol. The molecule has 0 aliphatic rings. The first-order valence-electron chi connectivity index (χ1n) is 4.45. The second-order valence-corrected chi connectivity index (χ2v) is 3.63. The van der Waals surface area contributed by atoms with Gasteiger partial charge in [0.15, 0.2) is 0 Å². The Morgan fingerprint density at radius 1 is 1.60 bits per heavy atom. The zero-order valence-corrected chi connectivity index (χ0v) is 8.95. The normalized spacial score (nSPS) is 12.2. The third kappa shape index (κ3) is 3.11. The SMILES string of the molecule is C[C@H](CO)NC(=O)c1ccc(O)c(Cl)c1. The molecular formula is C10H12ClNO3. The van der Waals surface area contributed by atoms with Crippen LogP contribution < -0.4 is 5.32 Å². The minimum Gasteiger partial charge on any atom is -0.506 e. The number of phenolic OH excluding ortho intramolecular Hbond substituents is 1. The minimum atomic E-state index is -0.335. The van der Waals surface area contributed by atoms with Gasteiger partial charge in [0, 0.05) is 11.6 Å². The number of halogens is 1. The lowest BCUT2D eigenvalue weighted by Crippen LogP contribution is -2.34. The number of carbonyl (C=O) groups excluding carboxylic acids is 1. The lowest BCUT2D eigenvalue weighted by Gasteiger charge is -2.10. The average Bonchev–Trinajstić information content (AvgIpc) is 2.21. The van der Waals surface area contributed by atoms with Gasteiger partial charge in [-0.1, -0.05) is 11.6 Å². The molecule has 1 aromatic carbocycles. The maximum atomic E-state index is 11.5. The highest BCUT2D eigenvalue weighted by atomic mass is 35.5. The molecule has 0 aliphatic carbocycles. The predicted molar refractivity (Wildman–Crippen MR) is 57.1 cm³/mol. The topological polar surface area (TPSA) is 69.6 Å². The van der Waals surface area contributed by atoms with Gasteiger partial charge in [0.05, 0.1) is 11.6 Å². The summed E-state index contributed by atoms with van der Waals surface area (Å²) in [7, 11) is 0. The van der Waals surface area contributed by atoms with Gasteiger partial charge in [-0.2, -0.15) is 0 Å². The first-order valence-corrected chi connectivity index (χ1v) is 4.82. The van der Waals surface area contributed by atoms with Crippen molar-refractivity contribution in [1.29, 1.82) is 0 Å². The van der Waals surface area contributed by atoms with E-state index in [0.29, 0.717) is 5.56 Å². The Morgan fingerprint density at radius 3 is 2.80 bits per heavy atom. The van der Waals surface area contributed by atoms with E-state index < -0.39 is 0 Å². The van der Waals surface area contributed by atoms with Crippen molar-refractivity contribution in [3.8, 4) is 5.75 Å². The molecule has 0 bridgehead atoms. The maximum Gasteiger partial charge on any atom is 0.251 e. The number of aromatic hydroxyl groups is 1. The minimum absolute atomic E-state index is 0.0663. The molecule has 1 amide bonds. The summed E-state index contributed by atoms with van der Waals surface area (Å²) < 4.78 is 0. The molecule has 0 unspecified atom stereocenters. The van der Waals surface area contributed by atoms with Gasteiger partial charge in [-0.3, -0.25) is 4.79 Å². The third-order valence-electron chi connectivity index (χ3n) is 1.86. The summed E-state index contributed by atoms with van der Waals surface area (Å²) in [5.74, 6) is -0.401. The largest absolute Gasteiger partial charge is 0.506 e. The van der Waals surface area contributed by atoms with Crippen LogP contribution in [0.2, 0.25) is 5.02 Å². The summed E-state index contributed by atoms with van der Waals surface area (Å²) in [6, 6.07) is 3.86. The first kappa shape index (κ1) is 11.8. The van der Waals surface area contributed by atoms with Gasteiger partial charge < -0.3 is 15.5 Å². The van der Waals surface area contributed by atoms with Crippen LogP contribution in [-0.4, -0.2) is 28.8 Å². The van der Waals surface area contributed by atoms with Gasteiger partial charge in [0.2, 0.25) is 0 Å². The Hall–Kier alpha value is -1.26. The van der Waals surface area contributed by atoms with Crippen LogP contribution in [0.15, 0.2) is 18.2 Å². The van der Waals surface area contributed by atoms with Crippen LogP contribution in [0.4, 0.5) is 0 Å². The molecule has 0 saturated heterocycles. The number of carbonyl (C=O) groups is 1. The van der Waals surface area contributed by atoms with Crippen molar-refractivity contribution in [3.63, 3.8) is 0 Å². The molecule has 1 aromatic rings. The van der Waals surface area contributed by atoms with E-state index in [1.165, 1.54) is 18.2 Å². The zero-order valence-electron chi connectivity index (χ0n) is 8.20. The zero-order chi connectivity index (χ0) is 11.4. The Labute approximate surface area is 92.5 Å². The van der Waals surface area contributed by atoms with E-state index in [0.717, 1.165) is 0 Å². The van der Waals surface area contributed by atoms with Gasteiger partial charge >= 0.3 is 0 Å². The van der Waals surface area contributed by atoms with E-state index in [9.17, 15) is 4.79 Å². The maximum absolute atomic E-state index is 11.5. The number of amides is 1. The molecule has 1 rings (SSSR count). The van der Waals surface area contributed by atoms with Crippen LogP contribution >= 0.6 is 11.6 Å². The number of nitrogens with one attached hydrogen (secondary N) is 1. The van der Waals surface area contributed by atoms with Crippen LogP contribution in [0.1, 0.15) is 17.3 Å². The summed E-state index contributed by atoms with van der Waals surface area (Å²) in [5.41, 5.74) is 0.345. The molecule has 0 spiro atoms. The first-order chi connectivity index (χ1) is 7.04. The molecular weight excluding hydrogens is 218 g/mol. The fraction of sp³-hybridized carbons (Fsp3) is 0.300. The van der Waals surface area contributed by atoms with Crippen LogP contribution in [0.3, 0.4) is 0 Å². The van der Waals surface area contributed by atoms with Crippen molar-refractivity contribution >= 4 is 17.5 Å². The summed E-state index contributed by atoms with van der Waals surface area (Å²) in [4.78, 5) is 11.5. The molecule has 0 fully saturated rings. The molecule has 5 heteroatoms. The lowest BCUT2D eigenvalue weighted by atomic mass is 10.2. The number of hydrogen-bond acceptors (Lipinski definition) is 3. The number of rotatable bonds is 3. The van der Waals surface area contributed by atoms with E-state index >= 15 is 0 Å². The average molecular weight is 230 g/mol. The van der Waals surface area contributed by atoms with Crippen molar-refractivity contribution in [2.45, 2.75) is 13.0 Å². The van der Waals surface area contributed by atoms with Gasteiger partial charge in [0.1, 0.15) is 5.75 Å². The number of hydrogen-bond donors (Lipinski definition) is 3. The summed E-state index contributed by atoms with van der Waals surface area (Å²) in [6.07, 6.45) is 0. The molecule has 82 valence electrons. The molecule has 0 saturated carbocycles. The van der Waals surface area contributed by atoms with E-state index in [1.54, 1.807) is 6.92 Å². The fourth-order valence-electron chi connectivity index (χ4n) is 1.00. The van der Waals surface area contributed by atoms with Crippen molar-refractivity contribution in [2.24, 2.45) is 0 Å². The number of phenols is 1. The molecule has 4 nitrogen and oxygen atoms in total. The van der Waals surface area contributed by atoms with Gasteiger partial charge in [0.25, 0.3) is 5.91 Å². The van der Waals surface area contributed by atoms with Crippen molar-refractivity contribution < 1.29 is 15.0 Å². The number of aliphatic hydroxyl groups is 1. The predicted octanol–water partition coefficient (Wildman–Crippen LogP) is 1.16. The molecule has 0 radical (unpaired) electrons. The molecule has 0 heterocycles. The van der Waals surface area contributed by atoms with Crippen molar-refractivity contribution in [3.05, 3.63) is 28.8 Å². The summed E-state index contributed by atoms with van der Waals surface area (Å²) in [6.45, 7) is 1.55. The van der Waals surface area contributed by atoms with E-state index in [4.69, 9.17) is 21.8 Å². The fourth-order valence-corrected chi connectivity index (χ4v) is 1.18. The van der Waals surface area contributed by atoms with Gasteiger partial charge in [-0.15, -0.1) is 0 Å². The van der Waals surface area contributed by atoms with Crippen LogP contribution in [0.5, 0.6) is 5.75 Å². The van der Waals surface area contributed by atoms with E-state index in [-0.39, 0.29) is 29.3 Å². The smallest absolute Gasteiger partial charge is 0.251 e. The van der Waals surface area contributed by atoms with Crippen molar-refractivity contribution in [1.82, 2.24) is 5.32 Å². The second kappa shape index (κ2) is 5.00. The molecule has 0 aromatic heterocycles. The van der Waals surface area contributed by atoms with E-state index in [2.05, 4.69) is 5.32 Å². The highest BCUT2D eigenvalue weighted by Crippen LogP contribution is 2.23. The lowest BCUT2D eigenvalue weighted by molar-refractivity contribution is 0.0922. The molecule has 3 N–H and O–H groups in total. The van der Waals surface area contributed by atoms with Gasteiger partial charge in [-0.25, -0.2) is 0 Å². The Bertz CT molecular complexity index is 368. The second-order valence-electron chi connectivity index (χ2n) is 3.22. The van der Waals surface area contributed by atoms with Crippen molar-refractivity contribution in [2.75, 3.05) is 6.61 Å². The van der Waals surface area contributed by atoms with Crippen LogP contribution in [0, 0.1) is 0 Å². The molecule has 0 aliphatic heterocycles.